The largest absolute Gasteiger partial charge is 0.497 e. The van der Waals surface area contributed by atoms with Gasteiger partial charge in [-0.1, -0.05) is 48.6 Å². The summed E-state index contributed by atoms with van der Waals surface area (Å²) in [6.45, 7) is 3.60. The molecule has 0 radical (unpaired) electrons. The summed E-state index contributed by atoms with van der Waals surface area (Å²) in [4.78, 5) is 25.2. The monoisotopic (exact) mass is 424 g/mol. The number of rotatable bonds is 8. The van der Waals surface area contributed by atoms with E-state index in [9.17, 15) is 9.59 Å². The second-order valence-electron chi connectivity index (χ2n) is 6.73. The molecule has 156 valence electrons. The Bertz CT molecular complexity index is 989. The van der Waals surface area contributed by atoms with Gasteiger partial charge in [0.05, 0.1) is 13.0 Å². The maximum Gasteiger partial charge on any atom is 0.248 e. The highest BCUT2D eigenvalue weighted by molar-refractivity contribution is 7.18. The van der Waals surface area contributed by atoms with E-state index in [4.69, 9.17) is 4.74 Å². The number of amides is 2. The Hall–Kier alpha value is -3.26. The predicted octanol–water partition coefficient (Wildman–Crippen LogP) is 3.85. The van der Waals surface area contributed by atoms with E-state index in [1.165, 1.54) is 11.3 Å². The lowest BCUT2D eigenvalue weighted by atomic mass is 9.95. The molecule has 1 aromatic heterocycles. The lowest BCUT2D eigenvalue weighted by Crippen LogP contribution is -2.43. The highest BCUT2D eigenvalue weighted by Gasteiger charge is 2.23. The second kappa shape index (κ2) is 9.98. The molecule has 1 heterocycles. The molecule has 2 aromatic carbocycles. The van der Waals surface area contributed by atoms with E-state index < -0.39 is 6.04 Å². The van der Waals surface area contributed by atoms with Crippen LogP contribution in [0, 0.1) is 0 Å². The first-order chi connectivity index (χ1) is 14.5. The lowest BCUT2D eigenvalue weighted by molar-refractivity contribution is -0.127. The van der Waals surface area contributed by atoms with Crippen molar-refractivity contribution < 1.29 is 14.3 Å². The van der Waals surface area contributed by atoms with Crippen molar-refractivity contribution in [2.75, 3.05) is 12.4 Å². The van der Waals surface area contributed by atoms with Gasteiger partial charge in [-0.2, -0.15) is 0 Å². The minimum absolute atomic E-state index is 0.178. The van der Waals surface area contributed by atoms with Crippen LogP contribution in [0.1, 0.15) is 31.7 Å². The van der Waals surface area contributed by atoms with Crippen LogP contribution in [-0.4, -0.2) is 35.2 Å². The van der Waals surface area contributed by atoms with Crippen molar-refractivity contribution in [2.45, 2.75) is 32.2 Å². The Morgan fingerprint density at radius 3 is 2.37 bits per heavy atom. The molecule has 30 heavy (non-hydrogen) atoms. The molecule has 3 rings (SSSR count). The van der Waals surface area contributed by atoms with Gasteiger partial charge >= 0.3 is 0 Å². The molecule has 2 N–H and O–H groups in total. The fourth-order valence-electron chi connectivity index (χ4n) is 2.97. The van der Waals surface area contributed by atoms with E-state index in [2.05, 4.69) is 20.8 Å². The lowest BCUT2D eigenvalue weighted by Gasteiger charge is -2.19. The van der Waals surface area contributed by atoms with Crippen LogP contribution in [0.4, 0.5) is 5.13 Å². The van der Waals surface area contributed by atoms with Gasteiger partial charge in [0.15, 0.2) is 0 Å². The van der Waals surface area contributed by atoms with Gasteiger partial charge in [-0.3, -0.25) is 14.9 Å². The van der Waals surface area contributed by atoms with Gasteiger partial charge in [0, 0.05) is 5.56 Å². The fourth-order valence-corrected chi connectivity index (χ4v) is 3.73. The number of aromatic nitrogens is 2. The van der Waals surface area contributed by atoms with Crippen molar-refractivity contribution >= 4 is 28.3 Å². The van der Waals surface area contributed by atoms with Crippen LogP contribution in [0.2, 0.25) is 0 Å². The number of methoxy groups -OCH3 is 1. The first-order valence-electron chi connectivity index (χ1n) is 9.66. The van der Waals surface area contributed by atoms with Crippen molar-refractivity contribution in [1.82, 2.24) is 15.5 Å². The Morgan fingerprint density at radius 1 is 1.03 bits per heavy atom. The molecular weight excluding hydrogens is 400 g/mol. The zero-order valence-electron chi connectivity index (χ0n) is 17.1. The maximum absolute atomic E-state index is 12.7. The summed E-state index contributed by atoms with van der Waals surface area (Å²) < 4.78 is 5.15. The Balaban J connectivity index is 1.60. The Labute approximate surface area is 179 Å². The second-order valence-corrected chi connectivity index (χ2v) is 7.71. The van der Waals surface area contributed by atoms with E-state index >= 15 is 0 Å². The molecule has 3 aromatic rings. The zero-order chi connectivity index (χ0) is 21.5. The van der Waals surface area contributed by atoms with Crippen molar-refractivity contribution in [3.05, 3.63) is 60.2 Å². The molecule has 2 atom stereocenters. The molecule has 8 heteroatoms. The standard InChI is InChI=1S/C22H24N4O3S/c1-4-18(15-8-6-5-7-9-15)20(28)23-14(2)19(27)24-22-26-25-21(30-22)16-10-12-17(29-3)13-11-16/h5-14,18H,4H2,1-3H3,(H,23,28)(H,24,26,27). The third kappa shape index (κ3) is 5.21. The minimum atomic E-state index is -0.705. The maximum atomic E-state index is 12.7. The number of hydrogen-bond donors (Lipinski definition) is 2. The number of carbonyl (C=O) groups excluding carboxylic acids is 2. The zero-order valence-corrected chi connectivity index (χ0v) is 17.9. The summed E-state index contributed by atoms with van der Waals surface area (Å²) in [6.07, 6.45) is 0.645. The van der Waals surface area contributed by atoms with Gasteiger partial charge in [0.25, 0.3) is 0 Å². The summed E-state index contributed by atoms with van der Waals surface area (Å²) >= 11 is 1.26. The van der Waals surface area contributed by atoms with Gasteiger partial charge in [-0.15, -0.1) is 10.2 Å². The number of carbonyl (C=O) groups is 2. The van der Waals surface area contributed by atoms with Crippen molar-refractivity contribution in [2.24, 2.45) is 0 Å². The van der Waals surface area contributed by atoms with Crippen LogP contribution in [0.5, 0.6) is 5.75 Å². The normalized spacial score (nSPS) is 12.6. The average Bonchev–Trinajstić information content (AvgIpc) is 3.23. The quantitative estimate of drug-likeness (QED) is 0.573. The van der Waals surface area contributed by atoms with E-state index in [-0.39, 0.29) is 17.7 Å². The van der Waals surface area contributed by atoms with Gasteiger partial charge in [0.2, 0.25) is 16.9 Å². The summed E-state index contributed by atoms with van der Waals surface area (Å²) in [5.74, 6) is -0.0712. The first-order valence-corrected chi connectivity index (χ1v) is 10.5. The van der Waals surface area contributed by atoms with Crippen LogP contribution in [0.3, 0.4) is 0 Å². The SMILES string of the molecule is CCC(C(=O)NC(C)C(=O)Nc1nnc(-c2ccc(OC)cc2)s1)c1ccccc1. The van der Waals surface area contributed by atoms with Gasteiger partial charge in [-0.25, -0.2) is 0 Å². The number of benzene rings is 2. The highest BCUT2D eigenvalue weighted by Crippen LogP contribution is 2.28. The fraction of sp³-hybridized carbons (Fsp3) is 0.273. The molecule has 0 fully saturated rings. The van der Waals surface area contributed by atoms with Crippen LogP contribution in [0.25, 0.3) is 10.6 Å². The molecule has 0 spiro atoms. The van der Waals surface area contributed by atoms with Crippen LogP contribution in [-0.2, 0) is 9.59 Å². The van der Waals surface area contributed by atoms with Crippen LogP contribution < -0.4 is 15.4 Å². The molecule has 0 aliphatic rings. The third-order valence-electron chi connectivity index (χ3n) is 4.67. The molecular formula is C22H24N4O3S. The van der Waals surface area contributed by atoms with Crippen LogP contribution in [0.15, 0.2) is 54.6 Å². The number of nitrogens with one attached hydrogen (secondary N) is 2. The highest BCUT2D eigenvalue weighted by atomic mass is 32.1. The first kappa shape index (κ1) is 21.4. The minimum Gasteiger partial charge on any atom is -0.497 e. The Kier molecular flexibility index (Phi) is 7.13. The molecule has 0 aliphatic heterocycles. The number of hydrogen-bond acceptors (Lipinski definition) is 6. The van der Waals surface area contributed by atoms with Gasteiger partial charge < -0.3 is 10.1 Å². The average molecular weight is 425 g/mol. The van der Waals surface area contributed by atoms with Crippen molar-refractivity contribution in [3.8, 4) is 16.3 Å². The van der Waals surface area contributed by atoms with Gasteiger partial charge in [0.1, 0.15) is 16.8 Å². The van der Waals surface area contributed by atoms with Crippen molar-refractivity contribution in [3.63, 3.8) is 0 Å². The number of ether oxygens (including phenoxy) is 1. The van der Waals surface area contributed by atoms with Crippen molar-refractivity contribution in [1.29, 1.82) is 0 Å². The molecule has 2 unspecified atom stereocenters. The predicted molar refractivity (Wildman–Crippen MR) is 118 cm³/mol. The molecule has 0 aliphatic carbocycles. The Morgan fingerprint density at radius 2 is 1.73 bits per heavy atom. The summed E-state index contributed by atoms with van der Waals surface area (Å²) in [6, 6.07) is 16.3. The third-order valence-corrected chi connectivity index (χ3v) is 5.56. The van der Waals surface area contributed by atoms with E-state index in [0.29, 0.717) is 16.6 Å². The van der Waals surface area contributed by atoms with Crippen LogP contribution >= 0.6 is 11.3 Å². The topological polar surface area (TPSA) is 93.2 Å². The molecule has 0 bridgehead atoms. The van der Waals surface area contributed by atoms with Gasteiger partial charge in [-0.05, 0) is 43.2 Å². The summed E-state index contributed by atoms with van der Waals surface area (Å²) in [5, 5.41) is 14.7. The van der Waals surface area contributed by atoms with E-state index in [0.717, 1.165) is 16.9 Å². The smallest absolute Gasteiger partial charge is 0.248 e. The summed E-state index contributed by atoms with van der Waals surface area (Å²) in [7, 11) is 1.61. The van der Waals surface area contributed by atoms with E-state index in [1.807, 2.05) is 61.5 Å². The number of anilines is 1. The number of nitrogens with zero attached hydrogens (tertiary/aromatic N) is 2. The molecule has 0 saturated heterocycles. The van der Waals surface area contributed by atoms with E-state index in [1.54, 1.807) is 14.0 Å². The molecule has 7 nitrogen and oxygen atoms in total. The molecule has 2 amide bonds. The summed E-state index contributed by atoms with van der Waals surface area (Å²) in [5.41, 5.74) is 1.81. The molecule has 0 saturated carbocycles.